The van der Waals surface area contributed by atoms with Gasteiger partial charge in [-0.3, -0.25) is 4.79 Å². The molecular formula is C16H17N3O5S. The number of hydrogen-bond acceptors (Lipinski definition) is 7. The summed E-state index contributed by atoms with van der Waals surface area (Å²) in [6, 6.07) is 9.23. The number of carbonyl (C=O) groups is 1. The summed E-state index contributed by atoms with van der Waals surface area (Å²) in [4.78, 5) is 16.8. The number of ether oxygens (including phenoxy) is 1. The van der Waals surface area contributed by atoms with Crippen LogP contribution >= 0.6 is 0 Å². The minimum absolute atomic E-state index is 0.00361. The van der Waals surface area contributed by atoms with Crippen LogP contribution in [0.1, 0.15) is 10.4 Å². The van der Waals surface area contributed by atoms with Gasteiger partial charge in [0.05, 0.1) is 4.90 Å². The predicted octanol–water partition coefficient (Wildman–Crippen LogP) is 0.672. The van der Waals surface area contributed by atoms with Gasteiger partial charge in [0.1, 0.15) is 5.82 Å². The lowest BCUT2D eigenvalue weighted by Gasteiger charge is -2.41. The van der Waals surface area contributed by atoms with E-state index >= 15 is 0 Å². The molecule has 132 valence electrons. The molecule has 3 rings (SSSR count). The highest BCUT2D eigenvalue weighted by molar-refractivity contribution is 7.89. The average Bonchev–Trinajstić information content (AvgIpc) is 2.61. The van der Waals surface area contributed by atoms with E-state index in [9.17, 15) is 18.3 Å². The first-order chi connectivity index (χ1) is 11.8. The van der Waals surface area contributed by atoms with E-state index in [-0.39, 0.29) is 16.3 Å². The molecule has 2 N–H and O–H groups in total. The van der Waals surface area contributed by atoms with Crippen LogP contribution in [-0.2, 0) is 14.8 Å². The molecule has 1 aromatic carbocycles. The SMILES string of the molecule is CO[C@@](O)(Nc1ccccn1)[C@@H]1C(=O)c2ccccc2S(=O)(=O)N1C. The summed E-state index contributed by atoms with van der Waals surface area (Å²) in [6.07, 6.45) is 1.48. The number of anilines is 1. The number of rotatable bonds is 4. The fraction of sp³-hybridized carbons (Fsp3) is 0.250. The third-order valence-corrected chi connectivity index (χ3v) is 5.96. The Balaban J connectivity index is 2.10. The van der Waals surface area contributed by atoms with Crippen LogP contribution in [-0.4, -0.2) is 54.7 Å². The molecule has 0 spiro atoms. The molecule has 0 radical (unpaired) electrons. The average molecular weight is 363 g/mol. The van der Waals surface area contributed by atoms with Crippen LogP contribution < -0.4 is 5.32 Å². The number of ketones is 1. The zero-order valence-electron chi connectivity index (χ0n) is 13.6. The predicted molar refractivity (Wildman–Crippen MR) is 89.3 cm³/mol. The molecule has 0 bridgehead atoms. The Kier molecular flexibility index (Phi) is 4.33. The number of pyridine rings is 1. The minimum atomic E-state index is -3.98. The lowest BCUT2D eigenvalue weighted by Crippen LogP contribution is -2.64. The maximum atomic E-state index is 12.9. The van der Waals surface area contributed by atoms with Gasteiger partial charge in [-0.05, 0) is 24.3 Å². The first-order valence-electron chi connectivity index (χ1n) is 7.39. The quantitative estimate of drug-likeness (QED) is 0.769. The highest BCUT2D eigenvalue weighted by atomic mass is 32.2. The van der Waals surface area contributed by atoms with Crippen LogP contribution in [0.25, 0.3) is 0 Å². The Morgan fingerprint density at radius 1 is 1.24 bits per heavy atom. The van der Waals surface area contributed by atoms with Crippen LogP contribution in [0.15, 0.2) is 53.6 Å². The summed E-state index contributed by atoms with van der Waals surface area (Å²) in [5.41, 5.74) is 0.00361. The Bertz CT molecular complexity index is 903. The number of likely N-dealkylation sites (N-methyl/N-ethyl adjacent to an activating group) is 1. The number of methoxy groups -OCH3 is 1. The second kappa shape index (κ2) is 6.19. The van der Waals surface area contributed by atoms with Crippen molar-refractivity contribution in [1.29, 1.82) is 0 Å². The van der Waals surface area contributed by atoms with Crippen molar-refractivity contribution in [1.82, 2.24) is 9.29 Å². The number of Topliss-reactive ketones (excluding diaryl/α,β-unsaturated/α-hetero) is 1. The fourth-order valence-electron chi connectivity index (χ4n) is 2.78. The Labute approximate surface area is 145 Å². The molecule has 25 heavy (non-hydrogen) atoms. The second-order valence-corrected chi connectivity index (χ2v) is 7.49. The van der Waals surface area contributed by atoms with Gasteiger partial charge in [0.25, 0.3) is 5.91 Å². The van der Waals surface area contributed by atoms with E-state index in [0.717, 1.165) is 4.31 Å². The smallest absolute Gasteiger partial charge is 0.272 e. The van der Waals surface area contributed by atoms with E-state index in [4.69, 9.17) is 4.74 Å². The maximum absolute atomic E-state index is 12.9. The Morgan fingerprint density at radius 3 is 2.56 bits per heavy atom. The fourth-order valence-corrected chi connectivity index (χ4v) is 4.30. The standard InChI is InChI=1S/C16H17N3O5S/c1-19-15(16(21,24-2)18-13-9-5-6-10-17-13)14(20)11-7-3-4-8-12(11)25(19,22)23/h3-10,15,21H,1-2H3,(H,17,18)/t15-,16+/m0/s1. The number of aromatic nitrogens is 1. The van der Waals surface area contributed by atoms with Gasteiger partial charge >= 0.3 is 0 Å². The van der Waals surface area contributed by atoms with Crippen molar-refractivity contribution < 1.29 is 23.1 Å². The normalized spacial score (nSPS) is 22.0. The number of hydrogen-bond donors (Lipinski definition) is 2. The van der Waals surface area contributed by atoms with Crippen LogP contribution in [0, 0.1) is 0 Å². The van der Waals surface area contributed by atoms with E-state index < -0.39 is 27.8 Å². The van der Waals surface area contributed by atoms with Gasteiger partial charge in [0.2, 0.25) is 10.0 Å². The Morgan fingerprint density at radius 2 is 1.92 bits per heavy atom. The molecule has 1 aliphatic heterocycles. The van der Waals surface area contributed by atoms with Crippen molar-refractivity contribution >= 4 is 21.6 Å². The molecule has 0 unspecified atom stereocenters. The van der Waals surface area contributed by atoms with E-state index in [1.807, 2.05) is 0 Å². The molecule has 2 aromatic rings. The van der Waals surface area contributed by atoms with Crippen molar-refractivity contribution in [3.05, 3.63) is 54.2 Å². The number of aliphatic hydroxyl groups is 1. The number of nitrogens with zero attached hydrogens (tertiary/aromatic N) is 2. The molecule has 2 atom stereocenters. The van der Waals surface area contributed by atoms with Gasteiger partial charge in [-0.25, -0.2) is 13.4 Å². The zero-order chi connectivity index (χ0) is 18.2. The highest BCUT2D eigenvalue weighted by Gasteiger charge is 2.53. The van der Waals surface area contributed by atoms with Crippen molar-refractivity contribution in [2.75, 3.05) is 19.5 Å². The number of fused-ring (bicyclic) bond motifs is 1. The third kappa shape index (κ3) is 2.81. The molecule has 0 saturated heterocycles. The van der Waals surface area contributed by atoms with Crippen LogP contribution in [0.5, 0.6) is 0 Å². The van der Waals surface area contributed by atoms with Gasteiger partial charge in [-0.1, -0.05) is 18.2 Å². The molecule has 0 aliphatic carbocycles. The third-order valence-electron chi connectivity index (χ3n) is 4.08. The van der Waals surface area contributed by atoms with E-state index in [1.54, 1.807) is 24.3 Å². The summed E-state index contributed by atoms with van der Waals surface area (Å²) in [5, 5.41) is 13.5. The lowest BCUT2D eigenvalue weighted by atomic mass is 10.0. The van der Waals surface area contributed by atoms with Gasteiger partial charge < -0.3 is 15.2 Å². The van der Waals surface area contributed by atoms with Gasteiger partial charge in [-0.2, -0.15) is 4.31 Å². The summed E-state index contributed by atoms with van der Waals surface area (Å²) >= 11 is 0. The van der Waals surface area contributed by atoms with Crippen molar-refractivity contribution in [2.45, 2.75) is 16.8 Å². The van der Waals surface area contributed by atoms with E-state index in [2.05, 4.69) is 10.3 Å². The molecule has 0 saturated carbocycles. The van der Waals surface area contributed by atoms with E-state index in [0.29, 0.717) is 0 Å². The summed E-state index contributed by atoms with van der Waals surface area (Å²) in [6.45, 7) is 0. The first-order valence-corrected chi connectivity index (χ1v) is 8.83. The summed E-state index contributed by atoms with van der Waals surface area (Å²) < 4.78 is 31.4. The van der Waals surface area contributed by atoms with Gasteiger partial charge in [-0.15, -0.1) is 0 Å². The molecule has 8 nitrogen and oxygen atoms in total. The van der Waals surface area contributed by atoms with Crippen molar-refractivity contribution in [3.8, 4) is 0 Å². The number of nitrogens with one attached hydrogen (secondary N) is 1. The van der Waals surface area contributed by atoms with Crippen LogP contribution in [0.2, 0.25) is 0 Å². The topological polar surface area (TPSA) is 109 Å². The number of sulfonamides is 1. The minimum Gasteiger partial charge on any atom is -0.347 e. The highest BCUT2D eigenvalue weighted by Crippen LogP contribution is 2.34. The zero-order valence-corrected chi connectivity index (χ0v) is 14.4. The van der Waals surface area contributed by atoms with Gasteiger partial charge in [0.15, 0.2) is 11.8 Å². The molecule has 9 heteroatoms. The van der Waals surface area contributed by atoms with Crippen molar-refractivity contribution in [2.24, 2.45) is 0 Å². The van der Waals surface area contributed by atoms with Crippen LogP contribution in [0.4, 0.5) is 5.82 Å². The molecular weight excluding hydrogens is 346 g/mol. The number of carbonyl (C=O) groups excluding carboxylic acids is 1. The molecule has 1 aromatic heterocycles. The van der Waals surface area contributed by atoms with Crippen molar-refractivity contribution in [3.63, 3.8) is 0 Å². The lowest BCUT2D eigenvalue weighted by molar-refractivity contribution is -0.183. The second-order valence-electron chi connectivity index (χ2n) is 5.52. The maximum Gasteiger partial charge on any atom is 0.272 e. The molecule has 1 aliphatic rings. The largest absolute Gasteiger partial charge is 0.347 e. The first kappa shape index (κ1) is 17.5. The summed E-state index contributed by atoms with van der Waals surface area (Å²) in [7, 11) is -1.59. The van der Waals surface area contributed by atoms with E-state index in [1.165, 1.54) is 38.6 Å². The summed E-state index contributed by atoms with van der Waals surface area (Å²) in [5.74, 6) is -2.66. The Hall–Kier alpha value is -2.33. The number of benzene rings is 1. The van der Waals surface area contributed by atoms with Gasteiger partial charge in [0, 0.05) is 25.9 Å². The van der Waals surface area contributed by atoms with Crippen LogP contribution in [0.3, 0.4) is 0 Å². The molecule has 2 heterocycles. The molecule has 0 fully saturated rings. The monoisotopic (exact) mass is 363 g/mol. The molecule has 0 amide bonds.